The Morgan fingerprint density at radius 1 is 1.75 bits per heavy atom. The molecule has 4 heavy (non-hydrogen) atoms. The van der Waals surface area contributed by atoms with E-state index in [0.29, 0.717) is 0 Å². The maximum absolute atomic E-state index is 4.00. The molecule has 0 aromatic heterocycles. The molecule has 0 aromatic carbocycles. The molecule has 0 amide bonds. The molecule has 1 nitrogen and oxygen atoms in total. The Labute approximate surface area is 40.6 Å². The summed E-state index contributed by atoms with van der Waals surface area (Å²) in [6.07, 6.45) is 0. The number of hydrogen-bond acceptors (Lipinski definition) is 1. The molecule has 0 rings (SSSR count). The van der Waals surface area contributed by atoms with Crippen molar-refractivity contribution in [2.75, 3.05) is 7.11 Å². The van der Waals surface area contributed by atoms with E-state index in [1.807, 2.05) is 0 Å². The summed E-state index contributed by atoms with van der Waals surface area (Å²) in [5.41, 5.74) is 0. The summed E-state index contributed by atoms with van der Waals surface area (Å²) in [6, 6.07) is 0. The second-order valence-electron chi connectivity index (χ2n) is 0.289. The summed E-state index contributed by atoms with van der Waals surface area (Å²) in [4.78, 5) is 0. The average molecular weight is 229 g/mol. The monoisotopic (exact) mass is 229 g/mol. The van der Waals surface area contributed by atoms with Gasteiger partial charge in [-0.1, -0.05) is 0 Å². The van der Waals surface area contributed by atoms with E-state index in [9.17, 15) is 0 Å². The topological polar surface area (TPSA) is 9.23 Å². The van der Waals surface area contributed by atoms with Crippen molar-refractivity contribution < 1.29 is 25.8 Å². The van der Waals surface area contributed by atoms with Crippen molar-refractivity contribution in [2.45, 2.75) is 0 Å². The Balaban J connectivity index is 0. The van der Waals surface area contributed by atoms with E-state index in [4.69, 9.17) is 0 Å². The minimum absolute atomic E-state index is 0. The van der Waals surface area contributed by atoms with Crippen LogP contribution < -0.4 is 0 Å². The van der Waals surface area contributed by atoms with Gasteiger partial charge >= 0.3 is 0 Å². The molecule has 0 atom stereocenters. The Hall–Kier alpha value is 0.648. The van der Waals surface area contributed by atoms with Gasteiger partial charge in [0, 0.05) is 21.1 Å². The summed E-state index contributed by atoms with van der Waals surface area (Å²) in [7, 11) is 4.50. The van der Waals surface area contributed by atoms with Crippen LogP contribution in [0.15, 0.2) is 0 Å². The second kappa shape index (κ2) is 9.42. The minimum atomic E-state index is 0. The van der Waals surface area contributed by atoms with Crippen molar-refractivity contribution in [3.05, 3.63) is 7.11 Å². The molecule has 0 aliphatic heterocycles. The van der Waals surface area contributed by atoms with Gasteiger partial charge in [-0.05, 0) is 7.11 Å². The first-order valence-corrected chi connectivity index (χ1v) is 0.697. The number of methoxy groups -OCH3 is 1. The first kappa shape index (κ1) is 8.82. The van der Waals surface area contributed by atoms with E-state index >= 15 is 0 Å². The number of rotatable bonds is 0. The summed E-state index contributed by atoms with van der Waals surface area (Å²) in [5, 5.41) is 0. The van der Waals surface area contributed by atoms with Crippen molar-refractivity contribution in [3.8, 4) is 0 Å². The molecule has 0 N–H and O–H groups in total. The van der Waals surface area contributed by atoms with Gasteiger partial charge in [0.05, 0.1) is 0 Å². The summed E-state index contributed by atoms with van der Waals surface area (Å²) >= 11 is 0. The quantitative estimate of drug-likeness (QED) is 0.547. The van der Waals surface area contributed by atoms with Crippen molar-refractivity contribution in [2.24, 2.45) is 0 Å². The predicted octanol–water partition coefficient (Wildman–Crippen LogP) is 0.422. The zero-order valence-corrected chi connectivity index (χ0v) is 5.46. The predicted molar refractivity (Wildman–Crippen MR) is 12.4 cm³/mol. The molecule has 0 unspecified atom stereocenters. The first-order valence-electron chi connectivity index (χ1n) is 0.697. The molecular formula is C2H5OW-. The van der Waals surface area contributed by atoms with Gasteiger partial charge in [0.1, 0.15) is 0 Å². The molecule has 0 aromatic rings. The fraction of sp³-hybridized carbons (Fsp3) is 0.500. The van der Waals surface area contributed by atoms with Crippen molar-refractivity contribution in [1.82, 2.24) is 0 Å². The number of ether oxygens (including phenoxy) is 1. The van der Waals surface area contributed by atoms with E-state index in [2.05, 4.69) is 11.8 Å². The van der Waals surface area contributed by atoms with Crippen LogP contribution in [0.1, 0.15) is 0 Å². The molecule has 0 fully saturated rings. The molecule has 2 heteroatoms. The third-order valence-corrected chi connectivity index (χ3v) is 0. The van der Waals surface area contributed by atoms with Gasteiger partial charge in [-0.2, -0.15) is 0 Å². The average Bonchev–Trinajstić information content (AvgIpc) is 0.918. The van der Waals surface area contributed by atoms with Gasteiger partial charge in [-0.3, -0.25) is 0 Å². The van der Waals surface area contributed by atoms with Crippen molar-refractivity contribution >= 4 is 0 Å². The Kier molecular flexibility index (Phi) is 20.8. The van der Waals surface area contributed by atoms with Gasteiger partial charge in [0.25, 0.3) is 0 Å². The Morgan fingerprint density at radius 2 is 1.75 bits per heavy atom. The largest absolute Gasteiger partial charge is 0.557 e. The van der Waals surface area contributed by atoms with Gasteiger partial charge in [0.2, 0.25) is 0 Å². The van der Waals surface area contributed by atoms with E-state index < -0.39 is 0 Å². The van der Waals surface area contributed by atoms with Crippen LogP contribution in [0.3, 0.4) is 0 Å². The van der Waals surface area contributed by atoms with Crippen LogP contribution in [0.5, 0.6) is 0 Å². The van der Waals surface area contributed by atoms with Crippen LogP contribution in [0.2, 0.25) is 0 Å². The van der Waals surface area contributed by atoms with Gasteiger partial charge in [-0.25, -0.2) is 7.11 Å². The molecule has 0 saturated heterocycles. The zero-order chi connectivity index (χ0) is 2.71. The molecule has 0 radical (unpaired) electrons. The molecule has 0 saturated carbocycles. The second-order valence-corrected chi connectivity index (χ2v) is 0.289. The Bertz CT molecular complexity index is 6.00. The van der Waals surface area contributed by atoms with E-state index in [-0.39, 0.29) is 21.1 Å². The van der Waals surface area contributed by atoms with Gasteiger partial charge in [-0.15, -0.1) is 0 Å². The van der Waals surface area contributed by atoms with Crippen molar-refractivity contribution in [1.29, 1.82) is 0 Å². The third kappa shape index (κ3) is 17.1. The SMILES string of the molecule is [CH2-]OC.[W]. The molecule has 0 aliphatic rings. The van der Waals surface area contributed by atoms with Crippen molar-refractivity contribution in [3.63, 3.8) is 0 Å². The van der Waals surface area contributed by atoms with Crippen LogP contribution in [-0.4, -0.2) is 7.11 Å². The molecule has 0 heterocycles. The third-order valence-electron chi connectivity index (χ3n) is 0. The smallest absolute Gasteiger partial charge is 0 e. The Morgan fingerprint density at radius 3 is 1.75 bits per heavy atom. The minimum Gasteiger partial charge on any atom is -0.557 e. The molecule has 0 spiro atoms. The summed E-state index contributed by atoms with van der Waals surface area (Å²) < 4.78 is 4.00. The van der Waals surface area contributed by atoms with Crippen LogP contribution in [-0.2, 0) is 25.8 Å². The van der Waals surface area contributed by atoms with Crippen LogP contribution in [0, 0.1) is 7.11 Å². The maximum atomic E-state index is 4.00. The van der Waals surface area contributed by atoms with E-state index in [0.717, 1.165) is 0 Å². The van der Waals surface area contributed by atoms with Gasteiger partial charge in [0.15, 0.2) is 0 Å². The maximum Gasteiger partial charge on any atom is 0 e. The summed E-state index contributed by atoms with van der Waals surface area (Å²) in [5.74, 6) is 0. The van der Waals surface area contributed by atoms with Crippen LogP contribution in [0.25, 0.3) is 0 Å². The normalized spacial score (nSPS) is 4.50. The first-order chi connectivity index (χ1) is 1.41. The summed E-state index contributed by atoms with van der Waals surface area (Å²) in [6.45, 7) is 0. The van der Waals surface area contributed by atoms with Crippen LogP contribution in [0.4, 0.5) is 0 Å². The standard InChI is InChI=1S/C2H5O.W/c1-3-2;/h1H2,2H3;/q-1;. The van der Waals surface area contributed by atoms with E-state index in [1.165, 1.54) is 7.11 Å². The molecule has 26 valence electrons. The van der Waals surface area contributed by atoms with Gasteiger partial charge < -0.3 is 4.74 Å². The molecule has 0 bridgehead atoms. The number of hydrogen-bond donors (Lipinski definition) is 0. The molecule has 0 aliphatic carbocycles. The van der Waals surface area contributed by atoms with Crippen LogP contribution >= 0.6 is 0 Å². The zero-order valence-electron chi connectivity index (χ0n) is 2.52. The van der Waals surface area contributed by atoms with E-state index in [1.54, 1.807) is 0 Å². The fourth-order valence-electron chi connectivity index (χ4n) is 0. The fourth-order valence-corrected chi connectivity index (χ4v) is 0. The molecular weight excluding hydrogens is 224 g/mol.